The Hall–Kier alpha value is -0.950. The number of hydrogen-bond acceptors (Lipinski definition) is 4. The minimum Gasteiger partial charge on any atom is -0.444 e. The number of rotatable bonds is 4. The van der Waals surface area contributed by atoms with Crippen LogP contribution in [0.1, 0.15) is 34.1 Å². The first-order valence-electron chi connectivity index (χ1n) is 6.87. The third kappa shape index (κ3) is 4.86. The van der Waals surface area contributed by atoms with Crippen LogP contribution in [0.15, 0.2) is 0 Å². The minimum absolute atomic E-state index is 0.230. The number of ether oxygens (including phenoxy) is 1. The van der Waals surface area contributed by atoms with E-state index < -0.39 is 28.7 Å². The maximum absolute atomic E-state index is 12.0. The molecule has 0 bridgehead atoms. The molecule has 1 rings (SSSR count). The summed E-state index contributed by atoms with van der Waals surface area (Å²) in [7, 11) is -1.16. The molecule has 0 aliphatic carbocycles. The van der Waals surface area contributed by atoms with E-state index in [1.54, 1.807) is 25.1 Å². The van der Waals surface area contributed by atoms with Crippen LogP contribution in [0.2, 0.25) is 0 Å². The van der Waals surface area contributed by atoms with Gasteiger partial charge in [0.1, 0.15) is 11.9 Å². The quantitative estimate of drug-likeness (QED) is 0.732. The van der Waals surface area contributed by atoms with E-state index in [0.717, 1.165) is 12.7 Å². The summed E-state index contributed by atoms with van der Waals surface area (Å²) < 4.78 is 19.0. The van der Waals surface area contributed by atoms with Crippen molar-refractivity contribution in [3.63, 3.8) is 0 Å². The van der Waals surface area contributed by atoms with Gasteiger partial charge in [0.2, 0.25) is 0 Å². The smallest absolute Gasteiger partial charge is 0.410 e. The van der Waals surface area contributed by atoms with E-state index in [1.165, 1.54) is 4.90 Å². The fraction of sp³-hybridized carbons (Fsp3) is 0.846. The van der Waals surface area contributed by atoms with Gasteiger partial charge in [-0.3, -0.25) is 0 Å². The van der Waals surface area contributed by atoms with Crippen LogP contribution in [0.4, 0.5) is 4.79 Å². The first kappa shape index (κ1) is 17.1. The highest BCUT2D eigenvalue weighted by atomic mass is 32.2. The molecular formula is C13H24N2O4S. The number of piperazine rings is 1. The Morgan fingerprint density at radius 1 is 1.40 bits per heavy atom. The van der Waals surface area contributed by atoms with E-state index in [9.17, 15) is 13.8 Å². The maximum Gasteiger partial charge on any atom is 0.410 e. The Kier molecular flexibility index (Phi) is 6.13. The Morgan fingerprint density at radius 3 is 2.55 bits per heavy atom. The fourth-order valence-electron chi connectivity index (χ4n) is 1.94. The minimum atomic E-state index is -1.16. The Balaban J connectivity index is 2.65. The normalized spacial score (nSPS) is 22.4. The molecule has 1 aliphatic heterocycles. The summed E-state index contributed by atoms with van der Waals surface area (Å²) in [6.07, 6.45) is 1.12. The van der Waals surface area contributed by atoms with Gasteiger partial charge in [-0.1, -0.05) is 6.92 Å². The molecular weight excluding hydrogens is 280 g/mol. The van der Waals surface area contributed by atoms with E-state index in [-0.39, 0.29) is 6.54 Å². The van der Waals surface area contributed by atoms with Gasteiger partial charge in [-0.05, 0) is 27.2 Å². The molecule has 0 aromatic rings. The molecule has 1 unspecified atom stereocenters. The maximum atomic E-state index is 12.0. The van der Waals surface area contributed by atoms with Crippen LogP contribution in [-0.4, -0.2) is 62.8 Å². The van der Waals surface area contributed by atoms with Crippen molar-refractivity contribution in [3.8, 4) is 0 Å². The summed E-state index contributed by atoms with van der Waals surface area (Å²) in [4.78, 5) is 24.7. The monoisotopic (exact) mass is 304 g/mol. The standard InChI is InChI=1S/C13H24N2O4S/c1-5-8-20(18)15-7-6-14(9-11(15)10-16)12(17)19-13(2,3)4/h10-11H,5-9H2,1-4H3/t11-,20?/m1/s1. The highest BCUT2D eigenvalue weighted by molar-refractivity contribution is 7.82. The van der Waals surface area contributed by atoms with Gasteiger partial charge in [-0.2, -0.15) is 0 Å². The number of hydrogen-bond donors (Lipinski definition) is 0. The van der Waals surface area contributed by atoms with Gasteiger partial charge >= 0.3 is 6.09 Å². The van der Waals surface area contributed by atoms with Gasteiger partial charge in [-0.25, -0.2) is 13.3 Å². The van der Waals surface area contributed by atoms with Gasteiger partial charge in [0.25, 0.3) is 0 Å². The molecule has 116 valence electrons. The van der Waals surface area contributed by atoms with Crippen LogP contribution in [0, 0.1) is 0 Å². The molecule has 0 spiro atoms. The van der Waals surface area contributed by atoms with Crippen LogP contribution in [0.3, 0.4) is 0 Å². The van der Waals surface area contributed by atoms with Crippen LogP contribution < -0.4 is 0 Å². The highest BCUT2D eigenvalue weighted by Gasteiger charge is 2.34. The Bertz CT molecular complexity index is 381. The molecule has 0 saturated carbocycles. The van der Waals surface area contributed by atoms with E-state index >= 15 is 0 Å². The molecule has 6 nitrogen and oxygen atoms in total. The van der Waals surface area contributed by atoms with Crippen LogP contribution in [-0.2, 0) is 20.5 Å². The van der Waals surface area contributed by atoms with Crippen molar-refractivity contribution in [1.29, 1.82) is 0 Å². The van der Waals surface area contributed by atoms with Crippen LogP contribution >= 0.6 is 0 Å². The second kappa shape index (κ2) is 7.17. The van der Waals surface area contributed by atoms with Crippen molar-refractivity contribution in [3.05, 3.63) is 0 Å². The van der Waals surface area contributed by atoms with Crippen LogP contribution in [0.5, 0.6) is 0 Å². The Morgan fingerprint density at radius 2 is 2.05 bits per heavy atom. The summed E-state index contributed by atoms with van der Waals surface area (Å²) in [5.74, 6) is 0.538. The SMILES string of the molecule is CCCS(=O)N1CCN(C(=O)OC(C)(C)C)C[C@@H]1C=O. The van der Waals surface area contributed by atoms with Crippen LogP contribution in [0.25, 0.3) is 0 Å². The van der Waals surface area contributed by atoms with Gasteiger partial charge in [0.15, 0.2) is 0 Å². The molecule has 7 heteroatoms. The fourth-order valence-corrected chi connectivity index (χ4v) is 3.23. The van der Waals surface area contributed by atoms with Gasteiger partial charge in [0, 0.05) is 25.4 Å². The van der Waals surface area contributed by atoms with Gasteiger partial charge < -0.3 is 14.4 Å². The number of carbonyl (C=O) groups excluding carboxylic acids is 2. The molecule has 0 aromatic heterocycles. The van der Waals surface area contributed by atoms with Crippen molar-refractivity contribution in [2.45, 2.75) is 45.8 Å². The summed E-state index contributed by atoms with van der Waals surface area (Å²) in [6.45, 7) is 8.43. The predicted octanol–water partition coefficient (Wildman–Crippen LogP) is 1.18. The second-order valence-electron chi connectivity index (χ2n) is 5.80. The third-order valence-corrected chi connectivity index (χ3v) is 4.55. The summed E-state index contributed by atoms with van der Waals surface area (Å²) in [5.41, 5.74) is -0.560. The lowest BCUT2D eigenvalue weighted by Gasteiger charge is -2.38. The zero-order chi connectivity index (χ0) is 15.3. The van der Waals surface area contributed by atoms with Crippen molar-refractivity contribution in [1.82, 2.24) is 9.21 Å². The molecule has 2 atom stereocenters. The molecule has 0 radical (unpaired) electrons. The topological polar surface area (TPSA) is 66.9 Å². The average molecular weight is 304 g/mol. The van der Waals surface area contributed by atoms with E-state index in [0.29, 0.717) is 18.8 Å². The predicted molar refractivity (Wildman–Crippen MR) is 77.7 cm³/mol. The van der Waals surface area contributed by atoms with Crippen molar-refractivity contribution >= 4 is 23.4 Å². The molecule has 1 amide bonds. The van der Waals surface area contributed by atoms with Crippen molar-refractivity contribution < 1.29 is 18.5 Å². The average Bonchev–Trinajstić information content (AvgIpc) is 2.36. The molecule has 0 aromatic carbocycles. The van der Waals surface area contributed by atoms with Crippen molar-refractivity contribution in [2.24, 2.45) is 0 Å². The summed E-state index contributed by atoms with van der Waals surface area (Å²) in [5, 5.41) is 0. The van der Waals surface area contributed by atoms with Gasteiger partial charge in [0.05, 0.1) is 17.0 Å². The number of amides is 1. The van der Waals surface area contributed by atoms with E-state index in [4.69, 9.17) is 4.74 Å². The highest BCUT2D eigenvalue weighted by Crippen LogP contribution is 2.15. The third-order valence-electron chi connectivity index (χ3n) is 2.82. The zero-order valence-corrected chi connectivity index (χ0v) is 13.4. The number of carbonyl (C=O) groups is 2. The molecule has 1 heterocycles. The molecule has 0 N–H and O–H groups in total. The summed E-state index contributed by atoms with van der Waals surface area (Å²) in [6, 6.07) is -0.524. The molecule has 20 heavy (non-hydrogen) atoms. The largest absolute Gasteiger partial charge is 0.444 e. The zero-order valence-electron chi connectivity index (χ0n) is 12.6. The molecule has 1 aliphatic rings. The van der Waals surface area contributed by atoms with E-state index in [2.05, 4.69) is 0 Å². The number of aldehydes is 1. The number of nitrogens with zero attached hydrogens (tertiary/aromatic N) is 2. The molecule has 1 saturated heterocycles. The first-order chi connectivity index (χ1) is 9.28. The lowest BCUT2D eigenvalue weighted by atomic mass is 10.2. The first-order valence-corrected chi connectivity index (χ1v) is 8.14. The van der Waals surface area contributed by atoms with E-state index in [1.807, 2.05) is 6.92 Å². The van der Waals surface area contributed by atoms with Crippen molar-refractivity contribution in [2.75, 3.05) is 25.4 Å². The lowest BCUT2D eigenvalue weighted by Crippen LogP contribution is -2.56. The molecule has 1 fully saturated rings. The summed E-state index contributed by atoms with van der Waals surface area (Å²) >= 11 is 0. The second-order valence-corrected chi connectivity index (χ2v) is 7.32. The Labute approximate surface area is 123 Å². The van der Waals surface area contributed by atoms with Gasteiger partial charge in [-0.15, -0.1) is 0 Å². The lowest BCUT2D eigenvalue weighted by molar-refractivity contribution is -0.112.